The number of nitrogens with one attached hydrogen (secondary N) is 2. The zero-order chi connectivity index (χ0) is 12.1. The van der Waals surface area contributed by atoms with Crippen LogP contribution in [0.4, 0.5) is 11.7 Å². The Balaban J connectivity index is 1.98. The first kappa shape index (κ1) is 11.9. The first-order valence-electron chi connectivity index (χ1n) is 5.33. The lowest BCUT2D eigenvalue weighted by molar-refractivity contribution is 0.484. The average Bonchev–Trinajstić information content (AvgIpc) is 2.77. The van der Waals surface area contributed by atoms with E-state index in [0.29, 0.717) is 23.5 Å². The third kappa shape index (κ3) is 3.44. The van der Waals surface area contributed by atoms with Gasteiger partial charge in [-0.15, -0.1) is 5.10 Å². The quantitative estimate of drug-likeness (QED) is 0.856. The molecule has 2 rings (SSSR count). The van der Waals surface area contributed by atoms with Gasteiger partial charge in [0.15, 0.2) is 0 Å². The van der Waals surface area contributed by atoms with Crippen LogP contribution in [0.25, 0.3) is 0 Å². The molecule has 2 N–H and O–H groups in total. The predicted octanol–water partition coefficient (Wildman–Crippen LogP) is 2.58. The van der Waals surface area contributed by atoms with Crippen molar-refractivity contribution in [3.63, 3.8) is 0 Å². The number of anilines is 2. The van der Waals surface area contributed by atoms with Crippen molar-refractivity contribution in [2.75, 3.05) is 11.9 Å². The topological polar surface area (TPSA) is 63.0 Å². The second kappa shape index (κ2) is 5.65. The summed E-state index contributed by atoms with van der Waals surface area (Å²) in [7, 11) is 0. The minimum absolute atomic E-state index is 0.375. The van der Waals surface area contributed by atoms with Gasteiger partial charge in [-0.05, 0) is 30.8 Å². The molecule has 2 aromatic rings. The van der Waals surface area contributed by atoms with Gasteiger partial charge in [-0.2, -0.15) is 0 Å². The lowest BCUT2D eigenvalue weighted by Gasteiger charge is -2.00. The summed E-state index contributed by atoms with van der Waals surface area (Å²) in [6.45, 7) is 3.46. The van der Waals surface area contributed by atoms with Crippen LogP contribution in [-0.2, 0) is 6.54 Å². The molecule has 0 fully saturated rings. The van der Waals surface area contributed by atoms with Crippen LogP contribution in [-0.4, -0.2) is 16.7 Å². The molecule has 6 heteroatoms. The maximum atomic E-state index is 5.79. The zero-order valence-corrected chi connectivity index (χ0v) is 10.2. The van der Waals surface area contributed by atoms with Gasteiger partial charge in [0.2, 0.25) is 5.89 Å². The molecule has 0 aliphatic heterocycles. The number of benzene rings is 1. The highest BCUT2D eigenvalue weighted by Gasteiger charge is 2.05. The summed E-state index contributed by atoms with van der Waals surface area (Å²) < 4.78 is 5.39. The molecule has 0 saturated carbocycles. The first-order chi connectivity index (χ1) is 8.28. The Morgan fingerprint density at radius 2 is 2.00 bits per heavy atom. The number of hydrogen-bond acceptors (Lipinski definition) is 5. The summed E-state index contributed by atoms with van der Waals surface area (Å²) >= 11 is 5.79. The highest BCUT2D eigenvalue weighted by atomic mass is 35.5. The number of aromatic nitrogens is 2. The monoisotopic (exact) mass is 252 g/mol. The Labute approximate surface area is 104 Å². The van der Waals surface area contributed by atoms with E-state index in [4.69, 9.17) is 16.0 Å². The van der Waals surface area contributed by atoms with Crippen molar-refractivity contribution in [2.24, 2.45) is 0 Å². The number of rotatable bonds is 5. The van der Waals surface area contributed by atoms with Gasteiger partial charge in [0.25, 0.3) is 0 Å². The summed E-state index contributed by atoms with van der Waals surface area (Å²) in [6, 6.07) is 7.65. The molecule has 1 aromatic heterocycles. The molecule has 0 radical (unpaired) electrons. The summed E-state index contributed by atoms with van der Waals surface area (Å²) in [6.07, 6.45) is 0. The Morgan fingerprint density at radius 3 is 2.71 bits per heavy atom. The van der Waals surface area contributed by atoms with E-state index in [9.17, 15) is 0 Å². The van der Waals surface area contributed by atoms with E-state index >= 15 is 0 Å². The third-order valence-corrected chi connectivity index (χ3v) is 2.34. The van der Waals surface area contributed by atoms with Gasteiger partial charge in [-0.25, -0.2) is 0 Å². The van der Waals surface area contributed by atoms with E-state index in [0.717, 1.165) is 12.2 Å². The van der Waals surface area contributed by atoms with Crippen LogP contribution in [0.5, 0.6) is 0 Å². The molecule has 0 unspecified atom stereocenters. The molecule has 17 heavy (non-hydrogen) atoms. The van der Waals surface area contributed by atoms with Crippen molar-refractivity contribution in [3.8, 4) is 0 Å². The lowest BCUT2D eigenvalue weighted by atomic mass is 10.3. The van der Waals surface area contributed by atoms with E-state index in [2.05, 4.69) is 20.8 Å². The molecule has 0 aliphatic carbocycles. The zero-order valence-electron chi connectivity index (χ0n) is 9.40. The second-order valence-corrected chi connectivity index (χ2v) is 3.85. The lowest BCUT2D eigenvalue weighted by Crippen LogP contribution is -2.11. The van der Waals surface area contributed by atoms with Gasteiger partial charge in [-0.3, -0.25) is 0 Å². The highest BCUT2D eigenvalue weighted by molar-refractivity contribution is 6.30. The second-order valence-electron chi connectivity index (χ2n) is 3.41. The summed E-state index contributed by atoms with van der Waals surface area (Å²) in [5.41, 5.74) is 0.855. The van der Waals surface area contributed by atoms with Crippen LogP contribution < -0.4 is 10.6 Å². The fourth-order valence-electron chi connectivity index (χ4n) is 1.26. The molecular formula is C11H13ClN4O. The maximum Gasteiger partial charge on any atom is 0.320 e. The van der Waals surface area contributed by atoms with Gasteiger partial charge in [0, 0.05) is 10.7 Å². The van der Waals surface area contributed by atoms with E-state index in [-0.39, 0.29) is 0 Å². The van der Waals surface area contributed by atoms with Crippen LogP contribution in [0.15, 0.2) is 28.7 Å². The van der Waals surface area contributed by atoms with Gasteiger partial charge in [-0.1, -0.05) is 23.6 Å². The van der Waals surface area contributed by atoms with Gasteiger partial charge in [0.1, 0.15) is 0 Å². The van der Waals surface area contributed by atoms with Crippen LogP contribution in [0.2, 0.25) is 5.02 Å². The van der Waals surface area contributed by atoms with Crippen LogP contribution in [0.1, 0.15) is 12.8 Å². The molecule has 0 spiro atoms. The Hall–Kier alpha value is -1.59. The minimum atomic E-state index is 0.375. The number of hydrogen-bond donors (Lipinski definition) is 2. The Kier molecular flexibility index (Phi) is 3.95. The van der Waals surface area contributed by atoms with Crippen molar-refractivity contribution < 1.29 is 4.42 Å². The standard InChI is InChI=1S/C11H13ClN4O/c1-2-13-7-10-15-16-11(17-10)14-9-5-3-8(12)4-6-9/h3-6,13H,2,7H2,1H3,(H,14,16). The first-order valence-corrected chi connectivity index (χ1v) is 5.71. The van der Waals surface area contributed by atoms with Crippen LogP contribution in [0, 0.1) is 0 Å². The molecule has 90 valence electrons. The summed E-state index contributed by atoms with van der Waals surface area (Å²) in [5.74, 6) is 0.559. The van der Waals surface area contributed by atoms with Gasteiger partial charge >= 0.3 is 6.01 Å². The molecule has 0 amide bonds. The minimum Gasteiger partial charge on any atom is -0.406 e. The third-order valence-electron chi connectivity index (χ3n) is 2.09. The Morgan fingerprint density at radius 1 is 1.24 bits per heavy atom. The van der Waals surface area contributed by atoms with E-state index < -0.39 is 0 Å². The average molecular weight is 253 g/mol. The predicted molar refractivity (Wildman–Crippen MR) is 66.4 cm³/mol. The molecule has 0 aliphatic rings. The summed E-state index contributed by atoms with van der Waals surface area (Å²) in [5, 5.41) is 14.6. The van der Waals surface area contributed by atoms with Crippen molar-refractivity contribution in [1.82, 2.24) is 15.5 Å². The number of nitrogens with zero attached hydrogens (tertiary/aromatic N) is 2. The van der Waals surface area contributed by atoms with Crippen LogP contribution >= 0.6 is 11.6 Å². The highest BCUT2D eigenvalue weighted by Crippen LogP contribution is 2.17. The van der Waals surface area contributed by atoms with Crippen molar-refractivity contribution in [2.45, 2.75) is 13.5 Å². The molecule has 1 heterocycles. The molecule has 0 saturated heterocycles. The van der Waals surface area contributed by atoms with Gasteiger partial charge < -0.3 is 15.1 Å². The smallest absolute Gasteiger partial charge is 0.320 e. The van der Waals surface area contributed by atoms with Crippen LogP contribution in [0.3, 0.4) is 0 Å². The summed E-state index contributed by atoms with van der Waals surface area (Å²) in [4.78, 5) is 0. The SMILES string of the molecule is CCNCc1nnc(Nc2ccc(Cl)cc2)o1. The molecule has 0 bridgehead atoms. The maximum absolute atomic E-state index is 5.79. The number of halogens is 1. The van der Waals surface area contributed by atoms with E-state index in [1.54, 1.807) is 12.1 Å². The van der Waals surface area contributed by atoms with E-state index in [1.165, 1.54) is 0 Å². The Bertz CT molecular complexity index is 469. The normalized spacial score (nSPS) is 10.5. The van der Waals surface area contributed by atoms with E-state index in [1.807, 2.05) is 19.1 Å². The van der Waals surface area contributed by atoms with Crippen molar-refractivity contribution >= 4 is 23.3 Å². The molecule has 0 atom stereocenters. The fourth-order valence-corrected chi connectivity index (χ4v) is 1.39. The largest absolute Gasteiger partial charge is 0.406 e. The van der Waals surface area contributed by atoms with Crippen molar-refractivity contribution in [1.29, 1.82) is 0 Å². The molecule has 1 aromatic carbocycles. The molecule has 5 nitrogen and oxygen atoms in total. The van der Waals surface area contributed by atoms with Crippen molar-refractivity contribution in [3.05, 3.63) is 35.2 Å². The van der Waals surface area contributed by atoms with Gasteiger partial charge in [0.05, 0.1) is 6.54 Å². The molecular weight excluding hydrogens is 240 g/mol. The fraction of sp³-hybridized carbons (Fsp3) is 0.273.